The van der Waals surface area contributed by atoms with Crippen LogP contribution in [0, 0.1) is 0 Å². The van der Waals surface area contributed by atoms with E-state index in [0.717, 1.165) is 29.0 Å². The molecular formula is C16H19N3OS. The zero-order valence-corrected chi connectivity index (χ0v) is 12.9. The summed E-state index contributed by atoms with van der Waals surface area (Å²) in [5, 5.41) is 6.25. The lowest BCUT2D eigenvalue weighted by molar-refractivity contribution is 0.0953. The van der Waals surface area contributed by atoms with Gasteiger partial charge in [-0.05, 0) is 30.9 Å². The molecule has 2 aromatic heterocycles. The maximum absolute atomic E-state index is 12.2. The molecule has 0 bridgehead atoms. The number of nitrogens with zero attached hydrogens (tertiary/aromatic N) is 2. The first-order valence-corrected chi connectivity index (χ1v) is 8.31. The summed E-state index contributed by atoms with van der Waals surface area (Å²) in [5.74, 6) is 0.682. The van der Waals surface area contributed by atoms with Crippen molar-refractivity contribution in [2.45, 2.75) is 38.5 Å². The van der Waals surface area contributed by atoms with Crippen LogP contribution in [0.1, 0.15) is 52.3 Å². The highest BCUT2D eigenvalue weighted by atomic mass is 32.1. The molecule has 0 atom stereocenters. The summed E-state index contributed by atoms with van der Waals surface area (Å²) in [4.78, 5) is 20.9. The molecule has 1 aliphatic rings. The van der Waals surface area contributed by atoms with Gasteiger partial charge >= 0.3 is 0 Å². The van der Waals surface area contributed by atoms with Gasteiger partial charge in [0.25, 0.3) is 5.91 Å². The number of rotatable bonds is 6. The van der Waals surface area contributed by atoms with Gasteiger partial charge in [-0.3, -0.25) is 9.78 Å². The van der Waals surface area contributed by atoms with Gasteiger partial charge in [0.1, 0.15) is 0 Å². The first kappa shape index (κ1) is 14.2. The summed E-state index contributed by atoms with van der Waals surface area (Å²) in [5.41, 5.74) is 2.95. The van der Waals surface area contributed by atoms with E-state index in [-0.39, 0.29) is 5.91 Å². The fourth-order valence-electron chi connectivity index (χ4n) is 2.32. The minimum Gasteiger partial charge on any atom is -0.352 e. The standard InChI is InChI=1S/C16H19N3OS/c1-2-11-9-17-7-5-13(11)16(20)18-8-6-15-19-14(10-21-15)12-3-4-12/h5,7,9-10,12H,2-4,6,8H2,1H3,(H,18,20). The second kappa shape index (κ2) is 6.35. The molecule has 0 unspecified atom stereocenters. The van der Waals surface area contributed by atoms with Gasteiger partial charge in [-0.15, -0.1) is 11.3 Å². The molecule has 1 aliphatic carbocycles. The van der Waals surface area contributed by atoms with E-state index in [0.29, 0.717) is 12.5 Å². The van der Waals surface area contributed by atoms with Crippen molar-refractivity contribution in [1.29, 1.82) is 0 Å². The van der Waals surface area contributed by atoms with Gasteiger partial charge in [0.15, 0.2) is 0 Å². The number of aromatic nitrogens is 2. The van der Waals surface area contributed by atoms with Crippen molar-refractivity contribution in [3.05, 3.63) is 45.7 Å². The average molecular weight is 301 g/mol. The Morgan fingerprint density at radius 1 is 1.48 bits per heavy atom. The van der Waals surface area contributed by atoms with Gasteiger partial charge in [0.2, 0.25) is 0 Å². The quantitative estimate of drug-likeness (QED) is 0.892. The number of thiazole rings is 1. The molecular weight excluding hydrogens is 282 g/mol. The Labute approximate surface area is 128 Å². The smallest absolute Gasteiger partial charge is 0.251 e. The lowest BCUT2D eigenvalue weighted by Gasteiger charge is -2.07. The van der Waals surface area contributed by atoms with Gasteiger partial charge in [-0.1, -0.05) is 6.92 Å². The van der Waals surface area contributed by atoms with Gasteiger partial charge in [0, 0.05) is 42.2 Å². The van der Waals surface area contributed by atoms with Crippen LogP contribution in [0.25, 0.3) is 0 Å². The second-order valence-corrected chi connectivity index (χ2v) is 6.28. The van der Waals surface area contributed by atoms with E-state index in [4.69, 9.17) is 0 Å². The Morgan fingerprint density at radius 2 is 2.33 bits per heavy atom. The molecule has 4 nitrogen and oxygen atoms in total. The van der Waals surface area contributed by atoms with Crippen LogP contribution in [0.4, 0.5) is 0 Å². The zero-order valence-electron chi connectivity index (χ0n) is 12.1. The average Bonchev–Trinajstić information content (AvgIpc) is 3.27. The molecule has 110 valence electrons. The Morgan fingerprint density at radius 3 is 3.10 bits per heavy atom. The maximum atomic E-state index is 12.2. The lowest BCUT2D eigenvalue weighted by atomic mass is 10.1. The monoisotopic (exact) mass is 301 g/mol. The fourth-order valence-corrected chi connectivity index (χ4v) is 3.20. The van der Waals surface area contributed by atoms with Crippen molar-refractivity contribution in [3.63, 3.8) is 0 Å². The first-order chi connectivity index (χ1) is 10.3. The molecule has 21 heavy (non-hydrogen) atoms. The van der Waals surface area contributed by atoms with Gasteiger partial charge in [-0.2, -0.15) is 0 Å². The van der Waals surface area contributed by atoms with Crippen LogP contribution < -0.4 is 5.32 Å². The number of hydrogen-bond acceptors (Lipinski definition) is 4. The largest absolute Gasteiger partial charge is 0.352 e. The number of nitrogens with one attached hydrogen (secondary N) is 1. The Kier molecular flexibility index (Phi) is 4.29. The molecule has 1 N–H and O–H groups in total. The molecule has 2 heterocycles. The number of amides is 1. The first-order valence-electron chi connectivity index (χ1n) is 7.43. The third-order valence-corrected chi connectivity index (χ3v) is 4.65. The highest BCUT2D eigenvalue weighted by molar-refractivity contribution is 7.09. The minimum atomic E-state index is -0.0202. The number of hydrogen-bond donors (Lipinski definition) is 1. The number of pyridine rings is 1. The van der Waals surface area contributed by atoms with Gasteiger partial charge < -0.3 is 5.32 Å². The molecule has 5 heteroatoms. The van der Waals surface area contributed by atoms with Crippen LogP contribution in [0.2, 0.25) is 0 Å². The van der Waals surface area contributed by atoms with E-state index in [9.17, 15) is 4.79 Å². The molecule has 0 aliphatic heterocycles. The Bertz CT molecular complexity index is 634. The summed E-state index contributed by atoms with van der Waals surface area (Å²) in [6.45, 7) is 2.66. The van der Waals surface area contributed by atoms with Crippen LogP contribution in [0.3, 0.4) is 0 Å². The number of carbonyl (C=O) groups is 1. The van der Waals surface area contributed by atoms with Crippen molar-refractivity contribution in [3.8, 4) is 0 Å². The minimum absolute atomic E-state index is 0.0202. The van der Waals surface area contributed by atoms with Crippen LogP contribution >= 0.6 is 11.3 Å². The van der Waals surface area contributed by atoms with E-state index in [1.165, 1.54) is 18.5 Å². The summed E-state index contributed by atoms with van der Waals surface area (Å²) in [6, 6.07) is 1.78. The zero-order chi connectivity index (χ0) is 14.7. The van der Waals surface area contributed by atoms with Crippen molar-refractivity contribution >= 4 is 17.2 Å². The molecule has 1 fully saturated rings. The van der Waals surface area contributed by atoms with E-state index in [2.05, 4.69) is 20.7 Å². The van der Waals surface area contributed by atoms with Crippen molar-refractivity contribution in [1.82, 2.24) is 15.3 Å². The number of aryl methyl sites for hydroxylation is 1. The Balaban J connectivity index is 1.53. The second-order valence-electron chi connectivity index (χ2n) is 5.33. The molecule has 2 aromatic rings. The topological polar surface area (TPSA) is 54.9 Å². The van der Waals surface area contributed by atoms with E-state index < -0.39 is 0 Å². The molecule has 0 saturated heterocycles. The normalized spacial score (nSPS) is 14.1. The molecule has 1 saturated carbocycles. The van der Waals surface area contributed by atoms with E-state index >= 15 is 0 Å². The third kappa shape index (κ3) is 3.47. The highest BCUT2D eigenvalue weighted by Gasteiger charge is 2.25. The van der Waals surface area contributed by atoms with Crippen LogP contribution in [0.5, 0.6) is 0 Å². The molecule has 3 rings (SSSR count). The van der Waals surface area contributed by atoms with E-state index in [1.54, 1.807) is 29.8 Å². The number of carbonyl (C=O) groups excluding carboxylic acids is 1. The Hall–Kier alpha value is -1.75. The van der Waals surface area contributed by atoms with Gasteiger partial charge in [0.05, 0.1) is 10.7 Å². The molecule has 0 radical (unpaired) electrons. The summed E-state index contributed by atoms with van der Waals surface area (Å²) in [6.07, 6.45) is 7.60. The van der Waals surface area contributed by atoms with Crippen LogP contribution in [-0.4, -0.2) is 22.4 Å². The summed E-state index contributed by atoms with van der Waals surface area (Å²) < 4.78 is 0. The summed E-state index contributed by atoms with van der Waals surface area (Å²) >= 11 is 1.70. The lowest BCUT2D eigenvalue weighted by Crippen LogP contribution is -2.26. The molecule has 1 amide bonds. The van der Waals surface area contributed by atoms with Crippen molar-refractivity contribution in [2.24, 2.45) is 0 Å². The highest BCUT2D eigenvalue weighted by Crippen LogP contribution is 2.40. The molecule has 0 aromatic carbocycles. The predicted octanol–water partition coefficient (Wildman–Crippen LogP) is 2.95. The van der Waals surface area contributed by atoms with Crippen LogP contribution in [-0.2, 0) is 12.8 Å². The maximum Gasteiger partial charge on any atom is 0.251 e. The van der Waals surface area contributed by atoms with Gasteiger partial charge in [-0.25, -0.2) is 4.98 Å². The van der Waals surface area contributed by atoms with Crippen molar-refractivity contribution in [2.75, 3.05) is 6.54 Å². The fraction of sp³-hybridized carbons (Fsp3) is 0.438. The van der Waals surface area contributed by atoms with Crippen molar-refractivity contribution < 1.29 is 4.79 Å². The van der Waals surface area contributed by atoms with Crippen LogP contribution in [0.15, 0.2) is 23.8 Å². The summed E-state index contributed by atoms with van der Waals surface area (Å²) in [7, 11) is 0. The predicted molar refractivity (Wildman–Crippen MR) is 83.7 cm³/mol. The third-order valence-electron chi connectivity index (χ3n) is 3.72. The molecule has 0 spiro atoms. The SMILES string of the molecule is CCc1cnccc1C(=O)NCCc1nc(C2CC2)cs1. The van der Waals surface area contributed by atoms with E-state index in [1.807, 2.05) is 6.92 Å².